The first kappa shape index (κ1) is 27.8. The molecular formula is C32H30N2O4S. The van der Waals surface area contributed by atoms with Crippen LogP contribution >= 0.6 is 11.8 Å². The highest BCUT2D eigenvalue weighted by molar-refractivity contribution is 8.14. The summed E-state index contributed by atoms with van der Waals surface area (Å²) in [6, 6.07) is 29.4. The molecule has 1 amide bonds. The van der Waals surface area contributed by atoms with Gasteiger partial charge in [0.05, 0.1) is 13.0 Å². The summed E-state index contributed by atoms with van der Waals surface area (Å²) in [6.07, 6.45) is 4.23. The van der Waals surface area contributed by atoms with Gasteiger partial charge in [0.25, 0.3) is 0 Å². The first-order valence-corrected chi connectivity index (χ1v) is 13.7. The van der Waals surface area contributed by atoms with Gasteiger partial charge in [-0.05, 0) is 34.7 Å². The van der Waals surface area contributed by atoms with Crippen LogP contribution in [0.3, 0.4) is 0 Å². The summed E-state index contributed by atoms with van der Waals surface area (Å²) in [6.45, 7) is 0. The largest absolute Gasteiger partial charge is 0.467 e. The zero-order chi connectivity index (χ0) is 27.5. The molecule has 0 aliphatic rings. The van der Waals surface area contributed by atoms with Crippen molar-refractivity contribution >= 4 is 28.8 Å². The summed E-state index contributed by atoms with van der Waals surface area (Å²) in [7, 11) is 1.31. The monoisotopic (exact) mass is 538 g/mol. The molecule has 4 rings (SSSR count). The summed E-state index contributed by atoms with van der Waals surface area (Å²) >= 11 is 1.11. The Hall–Kier alpha value is -4.23. The maximum atomic E-state index is 13.5. The molecule has 198 valence electrons. The molecule has 0 unspecified atom stereocenters. The van der Waals surface area contributed by atoms with Crippen LogP contribution < -0.4 is 5.32 Å². The molecule has 0 spiro atoms. The quantitative estimate of drug-likeness (QED) is 0.258. The summed E-state index contributed by atoms with van der Waals surface area (Å²) in [4.78, 5) is 43.1. The van der Waals surface area contributed by atoms with Crippen molar-refractivity contribution in [1.82, 2.24) is 10.3 Å². The lowest BCUT2D eigenvalue weighted by Crippen LogP contribution is -2.46. The Bertz CT molecular complexity index is 1360. The van der Waals surface area contributed by atoms with Gasteiger partial charge in [-0.2, -0.15) is 0 Å². The number of nitrogens with zero attached hydrogens (tertiary/aromatic N) is 1. The molecule has 0 bridgehead atoms. The molecule has 0 saturated carbocycles. The zero-order valence-corrected chi connectivity index (χ0v) is 22.5. The fourth-order valence-corrected chi connectivity index (χ4v) is 5.11. The average molecular weight is 539 g/mol. The number of esters is 1. The number of carbonyl (C=O) groups is 3. The molecule has 1 heterocycles. The molecule has 0 fully saturated rings. The lowest BCUT2D eigenvalue weighted by molar-refractivity contribution is -0.145. The van der Waals surface area contributed by atoms with Crippen molar-refractivity contribution in [3.8, 4) is 11.1 Å². The number of nitrogens with one attached hydrogen (secondary N) is 1. The van der Waals surface area contributed by atoms with E-state index in [1.165, 1.54) is 7.11 Å². The van der Waals surface area contributed by atoms with Crippen molar-refractivity contribution in [3.63, 3.8) is 0 Å². The minimum Gasteiger partial charge on any atom is -0.467 e. The summed E-state index contributed by atoms with van der Waals surface area (Å²) in [5, 5.41) is 2.80. The van der Waals surface area contributed by atoms with E-state index in [1.54, 1.807) is 24.5 Å². The van der Waals surface area contributed by atoms with Crippen LogP contribution in [0, 0.1) is 5.92 Å². The Balaban J connectivity index is 1.47. The minimum absolute atomic E-state index is 0.0975. The third kappa shape index (κ3) is 8.12. The second kappa shape index (κ2) is 14.1. The first-order valence-electron chi connectivity index (χ1n) is 12.7. The van der Waals surface area contributed by atoms with Crippen LogP contribution in [0.15, 0.2) is 109 Å². The molecule has 0 radical (unpaired) electrons. The molecule has 7 heteroatoms. The Morgan fingerprint density at radius 2 is 1.46 bits per heavy atom. The maximum Gasteiger partial charge on any atom is 0.328 e. The Labute approximate surface area is 232 Å². The molecule has 6 nitrogen and oxygen atoms in total. The smallest absolute Gasteiger partial charge is 0.328 e. The van der Waals surface area contributed by atoms with Gasteiger partial charge in [0, 0.05) is 30.1 Å². The van der Waals surface area contributed by atoms with Crippen molar-refractivity contribution < 1.29 is 19.1 Å². The van der Waals surface area contributed by atoms with Gasteiger partial charge < -0.3 is 10.1 Å². The number of amides is 1. The van der Waals surface area contributed by atoms with Crippen LogP contribution in [-0.2, 0) is 27.2 Å². The summed E-state index contributed by atoms with van der Waals surface area (Å²) in [5.74, 6) is -1.06. The van der Waals surface area contributed by atoms with Crippen molar-refractivity contribution in [3.05, 3.63) is 126 Å². The van der Waals surface area contributed by atoms with Gasteiger partial charge >= 0.3 is 5.97 Å². The summed E-state index contributed by atoms with van der Waals surface area (Å²) in [5.41, 5.74) is 4.45. The topological polar surface area (TPSA) is 85.4 Å². The van der Waals surface area contributed by atoms with Crippen LogP contribution in [0.2, 0.25) is 0 Å². The van der Waals surface area contributed by atoms with Gasteiger partial charge in [-0.15, -0.1) is 0 Å². The average Bonchev–Trinajstić information content (AvgIpc) is 3.00. The van der Waals surface area contributed by atoms with Crippen molar-refractivity contribution in [2.45, 2.75) is 18.9 Å². The van der Waals surface area contributed by atoms with E-state index in [1.807, 2.05) is 84.9 Å². The van der Waals surface area contributed by atoms with Crippen molar-refractivity contribution in [2.75, 3.05) is 12.9 Å². The van der Waals surface area contributed by atoms with Crippen molar-refractivity contribution in [1.29, 1.82) is 0 Å². The number of methoxy groups -OCH3 is 1. The Morgan fingerprint density at radius 1 is 0.795 bits per heavy atom. The molecule has 4 aromatic rings. The Kier molecular flexibility index (Phi) is 10.0. The molecule has 2 atom stereocenters. The fraction of sp³-hybridized carbons (Fsp3) is 0.188. The number of benzene rings is 3. The number of rotatable bonds is 11. The number of carbonyl (C=O) groups excluding carboxylic acids is 3. The van der Waals surface area contributed by atoms with E-state index >= 15 is 0 Å². The van der Waals surface area contributed by atoms with Gasteiger partial charge in [0.1, 0.15) is 6.04 Å². The van der Waals surface area contributed by atoms with Gasteiger partial charge in [0.2, 0.25) is 11.0 Å². The molecule has 3 aromatic carbocycles. The van der Waals surface area contributed by atoms with Gasteiger partial charge in [-0.25, -0.2) is 4.79 Å². The highest BCUT2D eigenvalue weighted by atomic mass is 32.2. The minimum atomic E-state index is -0.861. The number of hydrogen-bond donors (Lipinski definition) is 1. The van der Waals surface area contributed by atoms with E-state index in [0.29, 0.717) is 12.0 Å². The predicted molar refractivity (Wildman–Crippen MR) is 154 cm³/mol. The van der Waals surface area contributed by atoms with Gasteiger partial charge in [0.15, 0.2) is 0 Å². The molecule has 0 saturated heterocycles. The van der Waals surface area contributed by atoms with Crippen molar-refractivity contribution in [2.24, 2.45) is 5.92 Å². The molecule has 0 aliphatic heterocycles. The SMILES string of the molecule is COC(=O)[C@H](Cc1ccc(-c2cccnc2)cc1)NC(=O)[C@@H](CSC(=O)c1ccccc1)Cc1ccccc1. The molecular weight excluding hydrogens is 508 g/mol. The maximum absolute atomic E-state index is 13.5. The first-order chi connectivity index (χ1) is 19.0. The van der Waals surface area contributed by atoms with E-state index < -0.39 is 17.9 Å². The van der Waals surface area contributed by atoms with Gasteiger partial charge in [-0.1, -0.05) is 103 Å². The van der Waals surface area contributed by atoms with E-state index in [-0.39, 0.29) is 23.2 Å². The standard InChI is InChI=1S/C32H30N2O4S/c1-38-31(36)29(20-24-14-16-25(17-15-24)27-13-8-18-33-21-27)34-30(35)28(19-23-9-4-2-5-10-23)22-39-32(37)26-11-6-3-7-12-26/h2-18,21,28-29H,19-20,22H2,1H3,(H,34,35)/t28-,29+/m1/s1. The lowest BCUT2D eigenvalue weighted by Gasteiger charge is -2.21. The Morgan fingerprint density at radius 3 is 2.10 bits per heavy atom. The van der Waals surface area contributed by atoms with Crippen LogP contribution in [0.25, 0.3) is 11.1 Å². The van der Waals surface area contributed by atoms with E-state index in [4.69, 9.17) is 4.74 Å². The van der Waals surface area contributed by atoms with E-state index in [9.17, 15) is 14.4 Å². The lowest BCUT2D eigenvalue weighted by atomic mass is 9.98. The molecule has 1 aromatic heterocycles. The van der Waals surface area contributed by atoms with E-state index in [0.717, 1.165) is 34.0 Å². The fourth-order valence-electron chi connectivity index (χ4n) is 4.19. The molecule has 0 aliphatic carbocycles. The second-order valence-corrected chi connectivity index (χ2v) is 10.1. The summed E-state index contributed by atoms with van der Waals surface area (Å²) < 4.78 is 5.01. The normalized spacial score (nSPS) is 12.2. The number of aromatic nitrogens is 1. The predicted octanol–water partition coefficient (Wildman–Crippen LogP) is 5.38. The molecule has 1 N–H and O–H groups in total. The number of thioether (sulfide) groups is 1. The highest BCUT2D eigenvalue weighted by Crippen LogP contribution is 2.21. The highest BCUT2D eigenvalue weighted by Gasteiger charge is 2.27. The van der Waals surface area contributed by atoms with E-state index in [2.05, 4.69) is 10.3 Å². The van der Waals surface area contributed by atoms with Gasteiger partial charge in [-0.3, -0.25) is 14.6 Å². The van der Waals surface area contributed by atoms with Crippen LogP contribution in [0.4, 0.5) is 0 Å². The number of ether oxygens (including phenoxy) is 1. The third-order valence-electron chi connectivity index (χ3n) is 6.31. The van der Waals surface area contributed by atoms with Crippen LogP contribution in [0.5, 0.6) is 0 Å². The second-order valence-electron chi connectivity index (χ2n) is 9.08. The van der Waals surface area contributed by atoms with Crippen LogP contribution in [-0.4, -0.2) is 40.9 Å². The van der Waals surface area contributed by atoms with Crippen LogP contribution in [0.1, 0.15) is 21.5 Å². The number of hydrogen-bond acceptors (Lipinski definition) is 6. The number of pyridine rings is 1. The third-order valence-corrected chi connectivity index (χ3v) is 7.38. The molecule has 39 heavy (non-hydrogen) atoms. The zero-order valence-electron chi connectivity index (χ0n) is 21.7.